The Bertz CT molecular complexity index is 2620. The molecule has 1 aromatic heterocycles. The molecule has 0 atom stereocenters. The van der Waals surface area contributed by atoms with Gasteiger partial charge in [-0.05, 0) is 73.1 Å². The summed E-state index contributed by atoms with van der Waals surface area (Å²) >= 11 is 0. The molecule has 3 heteroatoms. The van der Waals surface area contributed by atoms with Gasteiger partial charge in [-0.3, -0.25) is 0 Å². The average Bonchev–Trinajstić information content (AvgIpc) is 3.51. The van der Waals surface area contributed by atoms with E-state index < -0.39 is 5.41 Å². The smallest absolute Gasteiger partial charge is 0.164 e. The molecule has 0 saturated heterocycles. The number of hydrogen-bond acceptors (Lipinski definition) is 3. The second-order valence-corrected chi connectivity index (χ2v) is 13.2. The minimum Gasteiger partial charge on any atom is -0.208 e. The van der Waals surface area contributed by atoms with Crippen molar-refractivity contribution in [2.24, 2.45) is 0 Å². The van der Waals surface area contributed by atoms with Crippen molar-refractivity contribution in [3.05, 3.63) is 210 Å². The zero-order valence-corrected chi connectivity index (χ0v) is 27.7. The van der Waals surface area contributed by atoms with Gasteiger partial charge < -0.3 is 0 Å². The molecule has 8 aromatic carbocycles. The molecule has 51 heavy (non-hydrogen) atoms. The molecule has 0 bridgehead atoms. The van der Waals surface area contributed by atoms with Crippen LogP contribution in [0.3, 0.4) is 0 Å². The van der Waals surface area contributed by atoms with Gasteiger partial charge in [0.05, 0.1) is 5.41 Å². The highest BCUT2D eigenvalue weighted by molar-refractivity contribution is 5.90. The van der Waals surface area contributed by atoms with Crippen molar-refractivity contribution >= 4 is 21.5 Å². The molecule has 0 fully saturated rings. The lowest BCUT2D eigenvalue weighted by Gasteiger charge is -2.33. The Kier molecular flexibility index (Phi) is 6.71. The fourth-order valence-electron chi connectivity index (χ4n) is 8.01. The van der Waals surface area contributed by atoms with Crippen LogP contribution in [0.5, 0.6) is 0 Å². The van der Waals surface area contributed by atoms with E-state index in [1.807, 2.05) is 0 Å². The van der Waals surface area contributed by atoms with Crippen molar-refractivity contribution in [3.8, 4) is 45.3 Å². The third kappa shape index (κ3) is 4.70. The number of benzene rings is 8. The lowest BCUT2D eigenvalue weighted by Crippen LogP contribution is -2.28. The topological polar surface area (TPSA) is 38.7 Å². The van der Waals surface area contributed by atoms with Crippen LogP contribution in [0.2, 0.25) is 0 Å². The van der Waals surface area contributed by atoms with Gasteiger partial charge in [-0.25, -0.2) is 15.0 Å². The van der Waals surface area contributed by atoms with Crippen molar-refractivity contribution in [2.45, 2.75) is 5.41 Å². The van der Waals surface area contributed by atoms with E-state index >= 15 is 0 Å². The van der Waals surface area contributed by atoms with Crippen molar-refractivity contribution in [3.63, 3.8) is 0 Å². The normalized spacial score (nSPS) is 12.9. The maximum atomic E-state index is 5.18. The Morgan fingerprint density at radius 3 is 1.25 bits per heavy atom. The molecule has 1 aliphatic carbocycles. The summed E-state index contributed by atoms with van der Waals surface area (Å²) in [6.07, 6.45) is 0. The van der Waals surface area contributed by atoms with E-state index in [-0.39, 0.29) is 0 Å². The summed E-state index contributed by atoms with van der Waals surface area (Å²) < 4.78 is 0. The summed E-state index contributed by atoms with van der Waals surface area (Å²) in [5, 5.41) is 4.67. The summed E-state index contributed by atoms with van der Waals surface area (Å²) in [6.45, 7) is 0. The van der Waals surface area contributed by atoms with Crippen LogP contribution in [0.15, 0.2) is 188 Å². The molecular weight excluding hydrogens is 619 g/mol. The van der Waals surface area contributed by atoms with Gasteiger partial charge in [-0.2, -0.15) is 0 Å². The molecule has 0 amide bonds. The standard InChI is InChI=1S/C48H31N3/c1-3-17-39(18-4-1)48(40-19-5-2-6-20-40)43-22-12-11-21-41(43)42-31-38(27-28-44(42)48)47-50-45(36-25-23-32-13-7-9-15-34(32)29-36)49-46(51-47)37-26-24-33-14-8-10-16-35(33)30-37/h1-31H. The second kappa shape index (κ2) is 11.7. The first-order chi connectivity index (χ1) is 25.3. The highest BCUT2D eigenvalue weighted by atomic mass is 15.0. The maximum absolute atomic E-state index is 5.18. The summed E-state index contributed by atoms with van der Waals surface area (Å²) in [5.41, 5.74) is 9.83. The zero-order valence-electron chi connectivity index (χ0n) is 27.7. The first-order valence-electron chi connectivity index (χ1n) is 17.4. The van der Waals surface area contributed by atoms with E-state index in [0.29, 0.717) is 17.5 Å². The molecule has 238 valence electrons. The molecule has 0 spiro atoms. The highest BCUT2D eigenvalue weighted by Crippen LogP contribution is 2.56. The Morgan fingerprint density at radius 2 is 0.706 bits per heavy atom. The van der Waals surface area contributed by atoms with E-state index in [2.05, 4.69) is 188 Å². The predicted molar refractivity (Wildman–Crippen MR) is 208 cm³/mol. The number of aromatic nitrogens is 3. The van der Waals surface area contributed by atoms with Crippen LogP contribution in [-0.4, -0.2) is 15.0 Å². The Hall–Kier alpha value is -6.71. The highest BCUT2D eigenvalue weighted by Gasteiger charge is 2.46. The molecule has 3 nitrogen and oxygen atoms in total. The van der Waals surface area contributed by atoms with Crippen LogP contribution >= 0.6 is 0 Å². The SMILES string of the molecule is c1ccc(C2(c3ccccc3)c3ccccc3-c3cc(-c4nc(-c5ccc6ccccc6c5)nc(-c5ccc6ccccc6c5)n4)ccc32)cc1. The number of rotatable bonds is 5. The molecule has 0 saturated carbocycles. The first-order valence-corrected chi connectivity index (χ1v) is 17.4. The van der Waals surface area contributed by atoms with Gasteiger partial charge in [0.2, 0.25) is 0 Å². The monoisotopic (exact) mass is 649 g/mol. The van der Waals surface area contributed by atoms with E-state index in [1.165, 1.54) is 44.2 Å². The van der Waals surface area contributed by atoms with Crippen molar-refractivity contribution in [1.29, 1.82) is 0 Å². The predicted octanol–water partition coefficient (Wildman–Crippen LogP) is 11.5. The van der Waals surface area contributed by atoms with E-state index in [4.69, 9.17) is 15.0 Å². The fraction of sp³-hybridized carbons (Fsp3) is 0.0208. The van der Waals surface area contributed by atoms with Crippen molar-refractivity contribution in [2.75, 3.05) is 0 Å². The van der Waals surface area contributed by atoms with E-state index in [0.717, 1.165) is 27.5 Å². The van der Waals surface area contributed by atoms with Gasteiger partial charge in [0.25, 0.3) is 0 Å². The molecule has 0 radical (unpaired) electrons. The largest absolute Gasteiger partial charge is 0.208 e. The van der Waals surface area contributed by atoms with Crippen molar-refractivity contribution in [1.82, 2.24) is 15.0 Å². The Labute approximate surface area is 296 Å². The molecule has 0 N–H and O–H groups in total. The number of nitrogens with zero attached hydrogens (tertiary/aromatic N) is 3. The number of hydrogen-bond donors (Lipinski definition) is 0. The lowest BCUT2D eigenvalue weighted by atomic mass is 9.67. The lowest BCUT2D eigenvalue weighted by molar-refractivity contribution is 0.768. The Balaban J connectivity index is 1.20. The zero-order chi connectivity index (χ0) is 33.8. The second-order valence-electron chi connectivity index (χ2n) is 13.2. The van der Waals surface area contributed by atoms with Gasteiger partial charge in [0.15, 0.2) is 17.5 Å². The summed E-state index contributed by atoms with van der Waals surface area (Å²) in [6, 6.07) is 67.0. The number of fused-ring (bicyclic) bond motifs is 5. The quantitative estimate of drug-likeness (QED) is 0.186. The maximum Gasteiger partial charge on any atom is 0.164 e. The summed E-state index contributed by atoms with van der Waals surface area (Å²) in [4.78, 5) is 15.5. The third-order valence-corrected chi connectivity index (χ3v) is 10.4. The van der Waals surface area contributed by atoms with Gasteiger partial charge in [-0.15, -0.1) is 0 Å². The first kappa shape index (κ1) is 29.2. The van der Waals surface area contributed by atoms with Gasteiger partial charge in [0.1, 0.15) is 0 Å². The molecular formula is C48H31N3. The summed E-state index contributed by atoms with van der Waals surface area (Å²) in [5.74, 6) is 1.95. The van der Waals surface area contributed by atoms with Crippen LogP contribution in [0.1, 0.15) is 22.3 Å². The van der Waals surface area contributed by atoms with Crippen LogP contribution in [0, 0.1) is 0 Å². The molecule has 10 rings (SSSR count). The van der Waals surface area contributed by atoms with E-state index in [9.17, 15) is 0 Å². The average molecular weight is 650 g/mol. The molecule has 0 unspecified atom stereocenters. The van der Waals surface area contributed by atoms with E-state index in [1.54, 1.807) is 0 Å². The minimum atomic E-state index is -0.460. The molecule has 0 aliphatic heterocycles. The molecule has 1 aliphatic rings. The fourth-order valence-corrected chi connectivity index (χ4v) is 8.01. The van der Waals surface area contributed by atoms with Gasteiger partial charge >= 0.3 is 0 Å². The van der Waals surface area contributed by atoms with Crippen LogP contribution in [-0.2, 0) is 5.41 Å². The third-order valence-electron chi connectivity index (χ3n) is 10.4. The Morgan fingerprint density at radius 1 is 0.294 bits per heavy atom. The van der Waals surface area contributed by atoms with Crippen LogP contribution in [0.4, 0.5) is 0 Å². The van der Waals surface area contributed by atoms with Crippen LogP contribution in [0.25, 0.3) is 66.8 Å². The molecule has 1 heterocycles. The van der Waals surface area contributed by atoms with Crippen LogP contribution < -0.4 is 0 Å². The molecule has 9 aromatic rings. The summed E-state index contributed by atoms with van der Waals surface area (Å²) in [7, 11) is 0. The van der Waals surface area contributed by atoms with Crippen molar-refractivity contribution < 1.29 is 0 Å². The van der Waals surface area contributed by atoms with Gasteiger partial charge in [0, 0.05) is 16.7 Å². The van der Waals surface area contributed by atoms with Gasteiger partial charge in [-0.1, -0.05) is 170 Å². The minimum absolute atomic E-state index is 0.460.